The number of carbonyl (C=O) groups excluding carboxylic acids is 1. The number of nitrogens with zero attached hydrogens (tertiary/aromatic N) is 1. The fourth-order valence-electron chi connectivity index (χ4n) is 7.29. The molecule has 1 N–H and O–H groups in total. The summed E-state index contributed by atoms with van der Waals surface area (Å²) in [5.74, 6) is 2.99. The molecule has 0 radical (unpaired) electrons. The van der Waals surface area contributed by atoms with Gasteiger partial charge >= 0.3 is 0 Å². The Morgan fingerprint density at radius 2 is 1.91 bits per heavy atom. The molecule has 43 heavy (non-hydrogen) atoms. The number of benzene rings is 2. The molecule has 2 aromatic carbocycles. The van der Waals surface area contributed by atoms with Crippen molar-refractivity contribution in [3.63, 3.8) is 0 Å². The van der Waals surface area contributed by atoms with Gasteiger partial charge in [-0.3, -0.25) is 13.7 Å². The molecule has 2 aromatic rings. The van der Waals surface area contributed by atoms with Gasteiger partial charge < -0.3 is 9.64 Å². The van der Waals surface area contributed by atoms with Gasteiger partial charge in [0.1, 0.15) is 16.7 Å². The fraction of sp³-hybridized carbons (Fsp3) is 0.618. The summed E-state index contributed by atoms with van der Waals surface area (Å²) in [4.78, 5) is 15.8. The van der Waals surface area contributed by atoms with Crippen LogP contribution >= 0.6 is 11.6 Å². The minimum atomic E-state index is -1.49. The molecule has 5 rings (SSSR count). The molecule has 2 aliphatic heterocycles. The first-order valence-electron chi connectivity index (χ1n) is 16.0. The van der Waals surface area contributed by atoms with Crippen LogP contribution in [0.3, 0.4) is 0 Å². The Bertz CT molecular complexity index is 1350. The maximum atomic E-state index is 13.3. The van der Waals surface area contributed by atoms with Crippen molar-refractivity contribution in [2.24, 2.45) is 23.7 Å². The van der Waals surface area contributed by atoms with Crippen LogP contribution in [0.15, 0.2) is 36.4 Å². The molecule has 3 aliphatic rings. The summed E-state index contributed by atoms with van der Waals surface area (Å²) in [6.45, 7) is 8.44. The van der Waals surface area contributed by atoms with Crippen molar-refractivity contribution in [1.29, 1.82) is 0 Å². The van der Waals surface area contributed by atoms with E-state index in [1.807, 2.05) is 31.4 Å². The monoisotopic (exact) mass is 646 g/mol. The summed E-state index contributed by atoms with van der Waals surface area (Å²) in [6, 6.07) is 11.8. The van der Waals surface area contributed by atoms with Crippen molar-refractivity contribution in [2.45, 2.75) is 76.9 Å². The Labute approximate surface area is 267 Å². The van der Waals surface area contributed by atoms with Gasteiger partial charge in [0.05, 0.1) is 17.5 Å². The van der Waals surface area contributed by atoms with Crippen LogP contribution in [-0.2, 0) is 28.2 Å². The van der Waals surface area contributed by atoms with Crippen molar-refractivity contribution in [1.82, 2.24) is 4.72 Å². The highest BCUT2D eigenvalue weighted by Crippen LogP contribution is 2.45. The second-order valence-corrected chi connectivity index (χ2v) is 16.5. The Hall–Kier alpha value is -1.90. The number of aryl methyl sites for hydroxylation is 1. The van der Waals surface area contributed by atoms with E-state index in [-0.39, 0.29) is 23.0 Å². The normalized spacial score (nSPS) is 30.7. The highest BCUT2D eigenvalue weighted by molar-refractivity contribution is 7.84. The van der Waals surface area contributed by atoms with Gasteiger partial charge in [0.15, 0.2) is 0 Å². The Morgan fingerprint density at radius 3 is 2.63 bits per heavy atom. The molecule has 0 spiro atoms. The number of rotatable bonds is 5. The zero-order valence-corrected chi connectivity index (χ0v) is 28.4. The van der Waals surface area contributed by atoms with Gasteiger partial charge in [0.25, 0.3) is 5.91 Å². The molecule has 9 heteroatoms. The number of nitrogens with one attached hydrogen (secondary N) is 1. The van der Waals surface area contributed by atoms with Crippen LogP contribution in [0.5, 0.6) is 5.75 Å². The van der Waals surface area contributed by atoms with E-state index >= 15 is 0 Å². The second kappa shape index (κ2) is 14.5. The van der Waals surface area contributed by atoms with E-state index in [9.17, 15) is 13.2 Å². The maximum absolute atomic E-state index is 13.3. The van der Waals surface area contributed by atoms with Gasteiger partial charge in [0, 0.05) is 52.4 Å². The number of carbonyl (C=O) groups is 1. The quantitative estimate of drug-likeness (QED) is 0.383. The van der Waals surface area contributed by atoms with E-state index < -0.39 is 21.8 Å². The molecule has 1 fully saturated rings. The van der Waals surface area contributed by atoms with Gasteiger partial charge in [-0.05, 0) is 104 Å². The zero-order chi connectivity index (χ0) is 30.7. The maximum Gasteiger partial charge on any atom is 0.263 e. The third-order valence-electron chi connectivity index (χ3n) is 10.1. The highest BCUT2D eigenvalue weighted by Gasteiger charge is 2.39. The molecule has 0 saturated heterocycles. The van der Waals surface area contributed by atoms with Crippen LogP contribution in [0.2, 0.25) is 5.02 Å². The summed E-state index contributed by atoms with van der Waals surface area (Å²) >= 11 is 6.42. The van der Waals surface area contributed by atoms with Crippen LogP contribution in [0.1, 0.15) is 86.7 Å². The minimum absolute atomic E-state index is 0.140. The Kier molecular flexibility index (Phi) is 10.9. The van der Waals surface area contributed by atoms with E-state index in [0.29, 0.717) is 29.9 Å². The molecule has 1 saturated carbocycles. The summed E-state index contributed by atoms with van der Waals surface area (Å²) in [5.41, 5.74) is 3.95. The summed E-state index contributed by atoms with van der Waals surface area (Å²) in [7, 11) is -2.34. The first kappa shape index (κ1) is 32.5. The SMILES string of the molecule is CCCc1cc(Cl)ccc1C1COc2ccc3cc2N(C1)CC1CCC1C(CS(C)=O)CCCC(C)C(C)S(=O)NC3=O. The number of halogens is 1. The largest absolute Gasteiger partial charge is 0.491 e. The molecule has 0 aromatic heterocycles. The van der Waals surface area contributed by atoms with Crippen molar-refractivity contribution >= 4 is 45.0 Å². The van der Waals surface area contributed by atoms with Gasteiger partial charge in [-0.25, -0.2) is 4.21 Å². The molecule has 2 bridgehead atoms. The number of fused-ring (bicyclic) bond motifs is 2. The van der Waals surface area contributed by atoms with Crippen LogP contribution in [0.25, 0.3) is 0 Å². The predicted octanol–water partition coefficient (Wildman–Crippen LogP) is 6.90. The lowest BCUT2D eigenvalue weighted by atomic mass is 9.66. The van der Waals surface area contributed by atoms with Crippen LogP contribution in [0, 0.1) is 23.7 Å². The molecule has 8 unspecified atom stereocenters. The molecule has 2 heterocycles. The van der Waals surface area contributed by atoms with E-state index in [1.54, 1.807) is 6.07 Å². The van der Waals surface area contributed by atoms with E-state index in [1.165, 1.54) is 17.5 Å². The average molecular weight is 647 g/mol. The number of anilines is 1. The van der Waals surface area contributed by atoms with Gasteiger partial charge in [-0.2, -0.15) is 0 Å². The van der Waals surface area contributed by atoms with Crippen molar-refractivity contribution < 1.29 is 17.9 Å². The molecule has 8 atom stereocenters. The van der Waals surface area contributed by atoms with Crippen molar-refractivity contribution in [2.75, 3.05) is 36.6 Å². The molecule has 1 amide bonds. The number of hydrogen-bond acceptors (Lipinski definition) is 5. The number of hydrogen-bond donors (Lipinski definition) is 1. The fourth-order valence-corrected chi connectivity index (χ4v) is 9.55. The third kappa shape index (κ3) is 7.67. The van der Waals surface area contributed by atoms with Gasteiger partial charge in [-0.15, -0.1) is 0 Å². The smallest absolute Gasteiger partial charge is 0.263 e. The second-order valence-electron chi connectivity index (χ2n) is 13.0. The molecule has 236 valence electrons. The van der Waals surface area contributed by atoms with Crippen LogP contribution in [-0.4, -0.2) is 51.3 Å². The summed E-state index contributed by atoms with van der Waals surface area (Å²) in [5, 5.41) is 0.591. The van der Waals surface area contributed by atoms with E-state index in [0.717, 1.165) is 73.8 Å². The topological polar surface area (TPSA) is 75.7 Å². The molecule has 1 aliphatic carbocycles. The first-order chi connectivity index (χ1) is 20.6. The van der Waals surface area contributed by atoms with Gasteiger partial charge in [0.2, 0.25) is 0 Å². The van der Waals surface area contributed by atoms with Crippen molar-refractivity contribution in [3.8, 4) is 5.75 Å². The first-order valence-corrected chi connectivity index (χ1v) is 19.3. The zero-order valence-electron chi connectivity index (χ0n) is 26.0. The Balaban J connectivity index is 1.52. The number of amides is 1. The van der Waals surface area contributed by atoms with Crippen molar-refractivity contribution in [3.05, 3.63) is 58.1 Å². The van der Waals surface area contributed by atoms with Crippen LogP contribution in [0.4, 0.5) is 5.69 Å². The van der Waals surface area contributed by atoms with Gasteiger partial charge in [-0.1, -0.05) is 44.4 Å². The van der Waals surface area contributed by atoms with E-state index in [2.05, 4.69) is 35.6 Å². The summed E-state index contributed by atoms with van der Waals surface area (Å²) < 4.78 is 34.9. The highest BCUT2D eigenvalue weighted by atomic mass is 35.5. The lowest BCUT2D eigenvalue weighted by Crippen LogP contribution is -2.44. The lowest BCUT2D eigenvalue weighted by Gasteiger charge is -2.45. The van der Waals surface area contributed by atoms with E-state index in [4.69, 9.17) is 16.3 Å². The Morgan fingerprint density at radius 1 is 1.09 bits per heavy atom. The molecular weight excluding hydrogens is 600 g/mol. The minimum Gasteiger partial charge on any atom is -0.491 e. The molecular formula is C34H47ClN2O4S2. The lowest BCUT2D eigenvalue weighted by molar-refractivity contribution is 0.0982. The standard InChI is InChI=1S/C34H47ClN2O4S2/c1-5-7-24-16-29(35)12-14-30(24)28-19-37-18-26-10-13-31(26)27(21-42(4)39)9-6-8-22(2)23(3)43(40)36-34(38)25-11-15-33(41-20-28)32(37)17-25/h11-12,14-17,22-23,26-28,31H,5-10,13,18-21H2,1-4H3,(H,36,38). The summed E-state index contributed by atoms with van der Waals surface area (Å²) in [6.07, 6.45) is 9.14. The average Bonchev–Trinajstić information content (AvgIpc) is 3.13. The van der Waals surface area contributed by atoms with Crippen LogP contribution < -0.4 is 14.4 Å². The number of ether oxygens (including phenoxy) is 1. The third-order valence-corrected chi connectivity index (χ3v) is 12.7. The molecule has 6 nitrogen and oxygen atoms in total. The predicted molar refractivity (Wildman–Crippen MR) is 179 cm³/mol.